The van der Waals surface area contributed by atoms with E-state index in [4.69, 9.17) is 0 Å². The van der Waals surface area contributed by atoms with Gasteiger partial charge in [0.05, 0.1) is 4.90 Å². The Bertz CT molecular complexity index is 573. The number of carbonyl (C=O) groups excluding carboxylic acids is 1. The first-order chi connectivity index (χ1) is 9.41. The van der Waals surface area contributed by atoms with Gasteiger partial charge in [-0.25, -0.2) is 12.7 Å². The molecule has 1 saturated carbocycles. The van der Waals surface area contributed by atoms with Crippen molar-refractivity contribution in [1.82, 2.24) is 9.62 Å². The number of nitrogens with zero attached hydrogens (tertiary/aromatic N) is 1. The van der Waals surface area contributed by atoms with Gasteiger partial charge in [0.25, 0.3) is 5.91 Å². The molecule has 0 heterocycles. The Labute approximate surface area is 120 Å². The molecule has 1 N–H and O–H groups in total. The number of benzene rings is 1. The second kappa shape index (κ2) is 5.93. The van der Waals surface area contributed by atoms with Crippen LogP contribution in [0.2, 0.25) is 0 Å². The molecule has 0 saturated heterocycles. The maximum absolute atomic E-state index is 12.0. The van der Waals surface area contributed by atoms with E-state index >= 15 is 0 Å². The summed E-state index contributed by atoms with van der Waals surface area (Å²) in [4.78, 5) is 12.2. The predicted octanol–water partition coefficient (Wildman–Crippen LogP) is 1.61. The normalized spacial score (nSPS) is 16.6. The molecule has 5 nitrogen and oxygen atoms in total. The largest absolute Gasteiger partial charge is 0.349 e. The van der Waals surface area contributed by atoms with Crippen molar-refractivity contribution in [1.29, 1.82) is 0 Å². The molecule has 1 aromatic carbocycles. The Kier molecular flexibility index (Phi) is 4.45. The van der Waals surface area contributed by atoms with Gasteiger partial charge in [-0.1, -0.05) is 12.8 Å². The smallest absolute Gasteiger partial charge is 0.251 e. The number of hydrogen-bond acceptors (Lipinski definition) is 3. The number of carbonyl (C=O) groups is 1. The molecule has 1 aliphatic rings. The van der Waals surface area contributed by atoms with E-state index in [0.29, 0.717) is 5.56 Å². The Morgan fingerprint density at radius 3 is 2.20 bits per heavy atom. The fourth-order valence-corrected chi connectivity index (χ4v) is 3.23. The van der Waals surface area contributed by atoms with Crippen LogP contribution in [0.5, 0.6) is 0 Å². The molecule has 0 aliphatic heterocycles. The highest BCUT2D eigenvalue weighted by Gasteiger charge is 2.20. The summed E-state index contributed by atoms with van der Waals surface area (Å²) in [5, 5.41) is 2.98. The first kappa shape index (κ1) is 15.0. The van der Waals surface area contributed by atoms with E-state index in [1.165, 1.54) is 26.2 Å². The van der Waals surface area contributed by atoms with Crippen molar-refractivity contribution >= 4 is 15.9 Å². The summed E-state index contributed by atoms with van der Waals surface area (Å²) in [6.07, 6.45) is 4.37. The lowest BCUT2D eigenvalue weighted by Gasteiger charge is -2.13. The second-order valence-corrected chi connectivity index (χ2v) is 7.42. The summed E-state index contributed by atoms with van der Waals surface area (Å²) < 4.78 is 25.0. The molecule has 0 atom stereocenters. The molecule has 20 heavy (non-hydrogen) atoms. The lowest BCUT2D eigenvalue weighted by molar-refractivity contribution is 0.0938. The van der Waals surface area contributed by atoms with Gasteiger partial charge < -0.3 is 5.32 Å². The second-order valence-electron chi connectivity index (χ2n) is 5.27. The molecule has 0 spiro atoms. The number of sulfonamides is 1. The Balaban J connectivity index is 2.10. The summed E-state index contributed by atoms with van der Waals surface area (Å²) in [6, 6.07) is 6.31. The van der Waals surface area contributed by atoms with Crippen LogP contribution in [0.15, 0.2) is 29.2 Å². The lowest BCUT2D eigenvalue weighted by atomic mass is 10.2. The average molecular weight is 296 g/mol. The number of nitrogens with one attached hydrogen (secondary N) is 1. The minimum Gasteiger partial charge on any atom is -0.349 e. The Hall–Kier alpha value is -1.40. The van der Waals surface area contributed by atoms with Crippen molar-refractivity contribution in [2.75, 3.05) is 14.1 Å². The zero-order valence-corrected chi connectivity index (χ0v) is 12.6. The van der Waals surface area contributed by atoms with Crippen molar-refractivity contribution in [2.24, 2.45) is 0 Å². The van der Waals surface area contributed by atoms with Crippen LogP contribution in [0, 0.1) is 0 Å². The van der Waals surface area contributed by atoms with Crippen molar-refractivity contribution in [3.63, 3.8) is 0 Å². The average Bonchev–Trinajstić information content (AvgIpc) is 2.91. The molecular weight excluding hydrogens is 276 g/mol. The van der Waals surface area contributed by atoms with Gasteiger partial charge >= 0.3 is 0 Å². The number of amides is 1. The van der Waals surface area contributed by atoms with Crippen LogP contribution in [0.25, 0.3) is 0 Å². The quantitative estimate of drug-likeness (QED) is 0.918. The van der Waals surface area contributed by atoms with Gasteiger partial charge in [-0.2, -0.15) is 0 Å². The summed E-state index contributed by atoms with van der Waals surface area (Å²) in [5.74, 6) is -0.134. The first-order valence-corrected chi connectivity index (χ1v) is 8.19. The van der Waals surface area contributed by atoms with Gasteiger partial charge in [0.15, 0.2) is 0 Å². The SMILES string of the molecule is CN(C)S(=O)(=O)c1ccc(C(=O)NC2CCCC2)cc1. The summed E-state index contributed by atoms with van der Waals surface area (Å²) in [6.45, 7) is 0. The van der Waals surface area contributed by atoms with Gasteiger partial charge in [0, 0.05) is 25.7 Å². The Morgan fingerprint density at radius 2 is 1.70 bits per heavy atom. The summed E-state index contributed by atoms with van der Waals surface area (Å²) in [5.41, 5.74) is 0.495. The number of hydrogen-bond donors (Lipinski definition) is 1. The van der Waals surface area contributed by atoms with E-state index in [2.05, 4.69) is 5.32 Å². The lowest BCUT2D eigenvalue weighted by Crippen LogP contribution is -2.32. The van der Waals surface area contributed by atoms with Gasteiger partial charge in [0.2, 0.25) is 10.0 Å². The van der Waals surface area contributed by atoms with E-state index in [0.717, 1.165) is 30.0 Å². The van der Waals surface area contributed by atoms with Crippen LogP contribution in [-0.2, 0) is 10.0 Å². The monoisotopic (exact) mass is 296 g/mol. The maximum atomic E-state index is 12.0. The summed E-state index contributed by atoms with van der Waals surface area (Å²) >= 11 is 0. The van der Waals surface area contributed by atoms with Crippen molar-refractivity contribution in [3.8, 4) is 0 Å². The minimum absolute atomic E-state index is 0.134. The molecular formula is C14H20N2O3S. The third-order valence-corrected chi connectivity index (χ3v) is 5.41. The molecule has 1 fully saturated rings. The van der Waals surface area contributed by atoms with Gasteiger partial charge in [-0.05, 0) is 37.1 Å². The van der Waals surface area contributed by atoms with E-state index in [1.807, 2.05) is 0 Å². The molecule has 1 aromatic rings. The highest BCUT2D eigenvalue weighted by Crippen LogP contribution is 2.19. The summed E-state index contributed by atoms with van der Waals surface area (Å²) in [7, 11) is -0.476. The zero-order valence-electron chi connectivity index (χ0n) is 11.8. The molecule has 1 aliphatic carbocycles. The third kappa shape index (κ3) is 3.19. The highest BCUT2D eigenvalue weighted by atomic mass is 32.2. The molecule has 0 bridgehead atoms. The fourth-order valence-electron chi connectivity index (χ4n) is 2.33. The molecule has 6 heteroatoms. The first-order valence-electron chi connectivity index (χ1n) is 6.75. The zero-order chi connectivity index (χ0) is 14.8. The van der Waals surface area contributed by atoms with Gasteiger partial charge in [-0.3, -0.25) is 4.79 Å². The van der Waals surface area contributed by atoms with Crippen LogP contribution >= 0.6 is 0 Å². The predicted molar refractivity (Wildman–Crippen MR) is 77.0 cm³/mol. The molecule has 110 valence electrons. The molecule has 1 amide bonds. The topological polar surface area (TPSA) is 66.5 Å². The van der Waals surface area contributed by atoms with Gasteiger partial charge in [0.1, 0.15) is 0 Å². The van der Waals surface area contributed by atoms with E-state index in [-0.39, 0.29) is 16.8 Å². The highest BCUT2D eigenvalue weighted by molar-refractivity contribution is 7.89. The Morgan fingerprint density at radius 1 is 1.15 bits per heavy atom. The van der Waals surface area contributed by atoms with Crippen LogP contribution < -0.4 is 5.32 Å². The van der Waals surface area contributed by atoms with Crippen LogP contribution in [-0.4, -0.2) is 38.8 Å². The third-order valence-electron chi connectivity index (χ3n) is 3.59. The molecule has 0 aromatic heterocycles. The maximum Gasteiger partial charge on any atom is 0.251 e. The molecule has 0 unspecified atom stereocenters. The van der Waals surface area contributed by atoms with E-state index in [1.54, 1.807) is 12.1 Å². The van der Waals surface area contributed by atoms with Crippen molar-refractivity contribution < 1.29 is 13.2 Å². The standard InChI is InChI=1S/C14H20N2O3S/c1-16(2)20(18,19)13-9-7-11(8-10-13)14(17)15-12-5-3-4-6-12/h7-10,12H,3-6H2,1-2H3,(H,15,17). The van der Waals surface area contributed by atoms with Crippen LogP contribution in [0.4, 0.5) is 0 Å². The van der Waals surface area contributed by atoms with Crippen LogP contribution in [0.3, 0.4) is 0 Å². The van der Waals surface area contributed by atoms with Crippen LogP contribution in [0.1, 0.15) is 36.0 Å². The molecule has 0 radical (unpaired) electrons. The van der Waals surface area contributed by atoms with E-state index in [9.17, 15) is 13.2 Å². The molecule has 2 rings (SSSR count). The number of rotatable bonds is 4. The van der Waals surface area contributed by atoms with Crippen molar-refractivity contribution in [2.45, 2.75) is 36.6 Å². The minimum atomic E-state index is -3.44. The van der Waals surface area contributed by atoms with Crippen molar-refractivity contribution in [3.05, 3.63) is 29.8 Å². The fraction of sp³-hybridized carbons (Fsp3) is 0.500. The van der Waals surface area contributed by atoms with Gasteiger partial charge in [-0.15, -0.1) is 0 Å². The van der Waals surface area contributed by atoms with E-state index < -0.39 is 10.0 Å².